The van der Waals surface area contributed by atoms with E-state index in [9.17, 15) is 8.42 Å². The van der Waals surface area contributed by atoms with E-state index >= 15 is 0 Å². The van der Waals surface area contributed by atoms with Crippen molar-refractivity contribution in [2.24, 2.45) is 0 Å². The quantitative estimate of drug-likeness (QED) is 0.855. The summed E-state index contributed by atoms with van der Waals surface area (Å²) in [7, 11) is -3.65. The summed E-state index contributed by atoms with van der Waals surface area (Å²) >= 11 is 5.97. The molecule has 2 aromatic carbocycles. The number of nitrogens with zero attached hydrogens (tertiary/aromatic N) is 1. The van der Waals surface area contributed by atoms with Crippen molar-refractivity contribution in [3.05, 3.63) is 52.5 Å². The number of para-hydroxylation sites is 1. The second kappa shape index (κ2) is 5.48. The highest BCUT2D eigenvalue weighted by Crippen LogP contribution is 2.35. The number of hydrogen-bond donors (Lipinski definition) is 1. The zero-order valence-corrected chi connectivity index (χ0v) is 13.8. The van der Waals surface area contributed by atoms with Crippen LogP contribution in [0.2, 0.25) is 5.02 Å². The topological polar surface area (TPSA) is 63.4 Å². The fraction of sp³-hybridized carbons (Fsp3) is 0.250. The van der Waals surface area contributed by atoms with Crippen molar-refractivity contribution in [2.45, 2.75) is 24.7 Å². The minimum Gasteiger partial charge on any atom is -0.397 e. The first-order valence-electron chi connectivity index (χ1n) is 7.08. The van der Waals surface area contributed by atoms with E-state index in [2.05, 4.69) is 0 Å². The third-order valence-electron chi connectivity index (χ3n) is 4.05. The number of nitrogen functional groups attached to an aromatic ring is 1. The highest BCUT2D eigenvalue weighted by Gasteiger charge is 2.30. The zero-order chi connectivity index (χ0) is 15.9. The molecular weight excluding hydrogens is 320 g/mol. The lowest BCUT2D eigenvalue weighted by Crippen LogP contribution is -2.35. The Bertz CT molecular complexity index is 834. The number of aryl methyl sites for hydroxylation is 1. The Labute approximate surface area is 135 Å². The van der Waals surface area contributed by atoms with Gasteiger partial charge in [0.05, 0.1) is 21.3 Å². The van der Waals surface area contributed by atoms with Gasteiger partial charge in [0.15, 0.2) is 0 Å². The van der Waals surface area contributed by atoms with Crippen molar-refractivity contribution in [2.75, 3.05) is 16.6 Å². The molecule has 2 N–H and O–H groups in total. The van der Waals surface area contributed by atoms with Crippen molar-refractivity contribution < 1.29 is 8.42 Å². The van der Waals surface area contributed by atoms with Gasteiger partial charge in [-0.1, -0.05) is 29.8 Å². The maximum atomic E-state index is 13.1. The Hall–Kier alpha value is -1.72. The minimum atomic E-state index is -3.65. The first-order valence-corrected chi connectivity index (χ1v) is 8.90. The molecule has 0 fully saturated rings. The third-order valence-corrected chi connectivity index (χ3v) is 6.33. The minimum absolute atomic E-state index is 0.214. The number of fused-ring (bicyclic) bond motifs is 1. The van der Waals surface area contributed by atoms with Gasteiger partial charge < -0.3 is 5.73 Å². The summed E-state index contributed by atoms with van der Waals surface area (Å²) in [6, 6.07) is 10.7. The first-order chi connectivity index (χ1) is 10.4. The lowest BCUT2D eigenvalue weighted by atomic mass is 10.0. The number of hydrogen-bond acceptors (Lipinski definition) is 3. The summed E-state index contributed by atoms with van der Waals surface area (Å²) in [6.07, 6.45) is 1.70. The van der Waals surface area contributed by atoms with Gasteiger partial charge in [-0.25, -0.2) is 8.42 Å². The van der Waals surface area contributed by atoms with E-state index in [1.54, 1.807) is 6.92 Å². The fourth-order valence-electron chi connectivity index (χ4n) is 2.82. The molecule has 22 heavy (non-hydrogen) atoms. The summed E-state index contributed by atoms with van der Waals surface area (Å²) in [6.45, 7) is 2.16. The molecule has 1 aliphatic rings. The number of halogens is 1. The molecule has 116 valence electrons. The highest BCUT2D eigenvalue weighted by molar-refractivity contribution is 7.92. The summed E-state index contributed by atoms with van der Waals surface area (Å²) < 4.78 is 27.6. The average Bonchev–Trinajstić information content (AvgIpc) is 2.52. The van der Waals surface area contributed by atoms with Crippen molar-refractivity contribution in [3.63, 3.8) is 0 Å². The van der Waals surface area contributed by atoms with E-state index in [0.717, 1.165) is 24.1 Å². The van der Waals surface area contributed by atoms with Crippen molar-refractivity contribution in [3.8, 4) is 0 Å². The number of sulfonamides is 1. The van der Waals surface area contributed by atoms with E-state index in [1.807, 2.05) is 24.3 Å². The van der Waals surface area contributed by atoms with Gasteiger partial charge in [0.2, 0.25) is 0 Å². The number of nitrogens with two attached hydrogens (primary N) is 1. The maximum Gasteiger partial charge on any atom is 0.264 e. The Morgan fingerprint density at radius 3 is 2.68 bits per heavy atom. The zero-order valence-electron chi connectivity index (χ0n) is 12.2. The van der Waals surface area contributed by atoms with Gasteiger partial charge in [0.1, 0.15) is 0 Å². The molecule has 3 rings (SSSR count). The normalized spacial score (nSPS) is 14.7. The van der Waals surface area contributed by atoms with Gasteiger partial charge >= 0.3 is 0 Å². The van der Waals surface area contributed by atoms with Gasteiger partial charge in [0, 0.05) is 6.54 Å². The Morgan fingerprint density at radius 1 is 1.18 bits per heavy atom. The van der Waals surface area contributed by atoms with E-state index < -0.39 is 10.0 Å². The van der Waals surface area contributed by atoms with Crippen LogP contribution in [0.15, 0.2) is 41.3 Å². The monoisotopic (exact) mass is 336 g/mol. The lowest BCUT2D eigenvalue weighted by Gasteiger charge is -2.31. The molecular formula is C16H17ClN2O2S. The Kier molecular flexibility index (Phi) is 3.78. The second-order valence-electron chi connectivity index (χ2n) is 5.39. The van der Waals surface area contributed by atoms with Crippen LogP contribution in [0.25, 0.3) is 0 Å². The maximum absolute atomic E-state index is 13.1. The molecule has 0 radical (unpaired) electrons. The summed E-state index contributed by atoms with van der Waals surface area (Å²) in [5, 5.41) is 0.371. The molecule has 0 saturated heterocycles. The van der Waals surface area contributed by atoms with E-state index in [0.29, 0.717) is 22.8 Å². The summed E-state index contributed by atoms with van der Waals surface area (Å²) in [4.78, 5) is 0.214. The largest absolute Gasteiger partial charge is 0.397 e. The van der Waals surface area contributed by atoms with Crippen LogP contribution in [-0.4, -0.2) is 15.0 Å². The number of rotatable bonds is 2. The molecule has 0 amide bonds. The number of anilines is 2. The molecule has 0 unspecified atom stereocenters. The van der Waals surface area contributed by atoms with Crippen molar-refractivity contribution >= 4 is 33.0 Å². The Morgan fingerprint density at radius 2 is 1.91 bits per heavy atom. The van der Waals surface area contributed by atoms with Gasteiger partial charge in [0.25, 0.3) is 10.0 Å². The molecule has 4 nitrogen and oxygen atoms in total. The molecule has 2 aromatic rings. The van der Waals surface area contributed by atoms with Crippen LogP contribution in [0, 0.1) is 6.92 Å². The lowest BCUT2D eigenvalue weighted by molar-refractivity contribution is 0.586. The summed E-state index contributed by atoms with van der Waals surface area (Å²) in [5.41, 5.74) is 8.50. The predicted molar refractivity (Wildman–Crippen MR) is 89.9 cm³/mol. The average molecular weight is 337 g/mol. The molecule has 1 heterocycles. The van der Waals surface area contributed by atoms with Gasteiger partial charge in [-0.15, -0.1) is 0 Å². The molecule has 0 bridgehead atoms. The van der Waals surface area contributed by atoms with Gasteiger partial charge in [-0.05, 0) is 49.1 Å². The van der Waals surface area contributed by atoms with Crippen LogP contribution in [0.5, 0.6) is 0 Å². The SMILES string of the molecule is Cc1c(S(=O)(=O)N2CCCc3ccccc32)ccc(Cl)c1N. The molecule has 0 aliphatic carbocycles. The van der Waals surface area contributed by atoms with Gasteiger partial charge in [-0.3, -0.25) is 4.31 Å². The molecule has 0 spiro atoms. The van der Waals surface area contributed by atoms with E-state index in [-0.39, 0.29) is 4.90 Å². The van der Waals surface area contributed by atoms with Crippen LogP contribution in [-0.2, 0) is 16.4 Å². The molecule has 6 heteroatoms. The molecule has 0 aromatic heterocycles. The molecule has 0 atom stereocenters. The van der Waals surface area contributed by atoms with Crippen molar-refractivity contribution in [1.82, 2.24) is 0 Å². The fourth-order valence-corrected chi connectivity index (χ4v) is 4.81. The smallest absolute Gasteiger partial charge is 0.264 e. The van der Waals surface area contributed by atoms with Crippen LogP contribution in [0.4, 0.5) is 11.4 Å². The van der Waals surface area contributed by atoms with Crippen LogP contribution < -0.4 is 10.0 Å². The standard InChI is InChI=1S/C16H17ClN2O2S/c1-11-15(9-8-13(17)16(11)18)22(20,21)19-10-4-6-12-5-2-3-7-14(12)19/h2-3,5,7-9H,4,6,10,18H2,1H3. The van der Waals surface area contributed by atoms with Crippen LogP contribution >= 0.6 is 11.6 Å². The molecule has 1 aliphatic heterocycles. The van der Waals surface area contributed by atoms with Crippen LogP contribution in [0.3, 0.4) is 0 Å². The Balaban J connectivity index is 2.15. The second-order valence-corrected chi connectivity index (χ2v) is 7.63. The van der Waals surface area contributed by atoms with Crippen LogP contribution in [0.1, 0.15) is 17.5 Å². The summed E-state index contributed by atoms with van der Waals surface area (Å²) in [5.74, 6) is 0. The predicted octanol–water partition coefficient (Wildman–Crippen LogP) is 3.37. The first kappa shape index (κ1) is 15.2. The number of benzene rings is 2. The van der Waals surface area contributed by atoms with E-state index in [1.165, 1.54) is 16.4 Å². The van der Waals surface area contributed by atoms with Crippen molar-refractivity contribution in [1.29, 1.82) is 0 Å². The van der Waals surface area contributed by atoms with E-state index in [4.69, 9.17) is 17.3 Å². The molecule has 0 saturated carbocycles. The highest BCUT2D eigenvalue weighted by atomic mass is 35.5. The third kappa shape index (κ3) is 2.34. The van der Waals surface area contributed by atoms with Gasteiger partial charge in [-0.2, -0.15) is 0 Å².